The van der Waals surface area contributed by atoms with Crippen LogP contribution in [0.1, 0.15) is 23.1 Å². The zero-order chi connectivity index (χ0) is 19.0. The standard InChI is InChI=1S/C21H19N3O3/c1-3-27-18-11-6-12-24-19(13(2)22-20(18)24)21(26)23-16-9-4-8-15-14(16)7-5-10-17(15)25/h4-12,25H,3H2,1-2H3,(H,23,26). The molecule has 0 unspecified atom stereocenters. The Balaban J connectivity index is 1.78. The average molecular weight is 361 g/mol. The zero-order valence-corrected chi connectivity index (χ0v) is 15.1. The fraction of sp³-hybridized carbons (Fsp3) is 0.143. The van der Waals surface area contributed by atoms with E-state index in [1.165, 1.54) is 0 Å². The predicted molar refractivity (Wildman–Crippen MR) is 105 cm³/mol. The molecule has 0 atom stereocenters. The Bertz CT molecular complexity index is 1160. The van der Waals surface area contributed by atoms with Crippen LogP contribution >= 0.6 is 0 Å². The molecule has 2 aromatic carbocycles. The van der Waals surface area contributed by atoms with E-state index < -0.39 is 0 Å². The van der Waals surface area contributed by atoms with Gasteiger partial charge < -0.3 is 15.2 Å². The van der Waals surface area contributed by atoms with Crippen LogP contribution in [0.25, 0.3) is 16.4 Å². The van der Waals surface area contributed by atoms with Crippen molar-refractivity contribution in [2.75, 3.05) is 11.9 Å². The minimum absolute atomic E-state index is 0.177. The molecule has 0 saturated heterocycles. The van der Waals surface area contributed by atoms with Crippen LogP contribution in [0, 0.1) is 6.92 Å². The summed E-state index contributed by atoms with van der Waals surface area (Å²) in [6, 6.07) is 14.3. The van der Waals surface area contributed by atoms with Crippen LogP contribution in [-0.2, 0) is 0 Å². The molecular weight excluding hydrogens is 342 g/mol. The summed E-state index contributed by atoms with van der Waals surface area (Å²) in [5.41, 5.74) is 2.30. The number of rotatable bonds is 4. The summed E-state index contributed by atoms with van der Waals surface area (Å²) in [5, 5.41) is 14.4. The maximum absolute atomic E-state index is 13.0. The number of benzene rings is 2. The number of pyridine rings is 1. The highest BCUT2D eigenvalue weighted by Crippen LogP contribution is 2.30. The number of aryl methyl sites for hydroxylation is 1. The molecular formula is C21H19N3O3. The lowest BCUT2D eigenvalue weighted by Crippen LogP contribution is -2.15. The number of ether oxygens (including phenoxy) is 1. The van der Waals surface area contributed by atoms with Crippen molar-refractivity contribution in [3.05, 3.63) is 66.1 Å². The van der Waals surface area contributed by atoms with Gasteiger partial charge >= 0.3 is 0 Å². The third-order valence-corrected chi connectivity index (χ3v) is 4.45. The minimum atomic E-state index is -0.274. The van der Waals surface area contributed by atoms with Crippen LogP contribution in [0.4, 0.5) is 5.69 Å². The van der Waals surface area contributed by atoms with E-state index >= 15 is 0 Å². The molecule has 0 saturated carbocycles. The molecule has 0 radical (unpaired) electrons. The Labute approximate surface area is 156 Å². The third kappa shape index (κ3) is 2.85. The number of fused-ring (bicyclic) bond motifs is 2. The quantitative estimate of drug-likeness (QED) is 0.572. The molecule has 0 spiro atoms. The molecule has 4 rings (SSSR count). The normalized spacial score (nSPS) is 11.0. The van der Waals surface area contributed by atoms with E-state index in [4.69, 9.17) is 4.74 Å². The number of imidazole rings is 1. The maximum atomic E-state index is 13.0. The fourth-order valence-electron chi connectivity index (χ4n) is 3.28. The Morgan fingerprint density at radius 1 is 1.15 bits per heavy atom. The van der Waals surface area contributed by atoms with Gasteiger partial charge in [-0.15, -0.1) is 0 Å². The fourth-order valence-corrected chi connectivity index (χ4v) is 3.28. The second-order valence-corrected chi connectivity index (χ2v) is 6.18. The van der Waals surface area contributed by atoms with Crippen LogP contribution in [0.15, 0.2) is 54.7 Å². The van der Waals surface area contributed by atoms with Crippen molar-refractivity contribution in [1.29, 1.82) is 0 Å². The van der Waals surface area contributed by atoms with Gasteiger partial charge in [-0.25, -0.2) is 4.98 Å². The van der Waals surface area contributed by atoms with E-state index in [0.717, 1.165) is 5.39 Å². The lowest BCUT2D eigenvalue weighted by Gasteiger charge is -2.10. The first-order valence-corrected chi connectivity index (χ1v) is 8.72. The summed E-state index contributed by atoms with van der Waals surface area (Å²) in [4.78, 5) is 17.5. The predicted octanol–water partition coefficient (Wildman–Crippen LogP) is 4.15. The number of anilines is 1. The van der Waals surface area contributed by atoms with E-state index in [1.807, 2.05) is 37.3 Å². The van der Waals surface area contributed by atoms with Crippen LogP contribution in [-0.4, -0.2) is 27.0 Å². The van der Waals surface area contributed by atoms with Gasteiger partial charge in [0, 0.05) is 22.7 Å². The van der Waals surface area contributed by atoms with Crippen molar-refractivity contribution in [3.63, 3.8) is 0 Å². The summed E-state index contributed by atoms with van der Waals surface area (Å²) >= 11 is 0. The highest BCUT2D eigenvalue weighted by molar-refractivity contribution is 6.10. The van der Waals surface area contributed by atoms with E-state index in [2.05, 4.69) is 10.3 Å². The Morgan fingerprint density at radius 2 is 1.93 bits per heavy atom. The van der Waals surface area contributed by atoms with Gasteiger partial charge in [-0.2, -0.15) is 0 Å². The molecule has 6 heteroatoms. The minimum Gasteiger partial charge on any atom is -0.507 e. The van der Waals surface area contributed by atoms with E-state index in [1.54, 1.807) is 35.7 Å². The van der Waals surface area contributed by atoms with Crippen molar-refractivity contribution in [2.24, 2.45) is 0 Å². The van der Waals surface area contributed by atoms with Gasteiger partial charge in [-0.05, 0) is 38.1 Å². The Hall–Kier alpha value is -3.54. The molecule has 1 amide bonds. The summed E-state index contributed by atoms with van der Waals surface area (Å²) < 4.78 is 7.35. The number of phenolic OH excluding ortho intramolecular Hbond substituents is 1. The lowest BCUT2D eigenvalue weighted by atomic mass is 10.1. The second-order valence-electron chi connectivity index (χ2n) is 6.18. The molecule has 0 aliphatic carbocycles. The number of aromatic nitrogens is 2. The number of carbonyl (C=O) groups is 1. The highest BCUT2D eigenvalue weighted by Gasteiger charge is 2.19. The summed E-state index contributed by atoms with van der Waals surface area (Å²) in [5.74, 6) is 0.540. The third-order valence-electron chi connectivity index (χ3n) is 4.45. The number of aromatic hydroxyl groups is 1. The number of hydrogen-bond acceptors (Lipinski definition) is 4. The van der Waals surface area contributed by atoms with Crippen LogP contribution in [0.3, 0.4) is 0 Å². The summed E-state index contributed by atoms with van der Waals surface area (Å²) in [6.45, 7) is 4.22. The molecule has 0 bridgehead atoms. The summed E-state index contributed by atoms with van der Waals surface area (Å²) in [7, 11) is 0. The van der Waals surface area contributed by atoms with Crippen molar-refractivity contribution in [2.45, 2.75) is 13.8 Å². The van der Waals surface area contributed by atoms with Gasteiger partial charge in [0.25, 0.3) is 5.91 Å². The first-order valence-electron chi connectivity index (χ1n) is 8.72. The van der Waals surface area contributed by atoms with Crippen molar-refractivity contribution >= 4 is 28.0 Å². The van der Waals surface area contributed by atoms with Crippen LogP contribution in [0.5, 0.6) is 11.5 Å². The number of nitrogens with zero attached hydrogens (tertiary/aromatic N) is 2. The zero-order valence-electron chi connectivity index (χ0n) is 15.1. The van der Waals surface area contributed by atoms with Gasteiger partial charge in [0.2, 0.25) is 0 Å². The van der Waals surface area contributed by atoms with Gasteiger partial charge in [-0.1, -0.05) is 24.3 Å². The first kappa shape index (κ1) is 16.9. The molecule has 4 aromatic rings. The monoisotopic (exact) mass is 361 g/mol. The highest BCUT2D eigenvalue weighted by atomic mass is 16.5. The van der Waals surface area contributed by atoms with Gasteiger partial charge in [0.1, 0.15) is 11.4 Å². The number of phenols is 1. The van der Waals surface area contributed by atoms with Crippen molar-refractivity contribution < 1.29 is 14.6 Å². The molecule has 2 heterocycles. The molecule has 2 N–H and O–H groups in total. The molecule has 136 valence electrons. The van der Waals surface area contributed by atoms with Crippen LogP contribution < -0.4 is 10.1 Å². The molecule has 0 fully saturated rings. The largest absolute Gasteiger partial charge is 0.507 e. The number of nitrogens with one attached hydrogen (secondary N) is 1. The van der Waals surface area contributed by atoms with Gasteiger partial charge in [0.15, 0.2) is 11.4 Å². The second kappa shape index (κ2) is 6.64. The lowest BCUT2D eigenvalue weighted by molar-refractivity contribution is 0.102. The van der Waals surface area contributed by atoms with Crippen molar-refractivity contribution in [3.8, 4) is 11.5 Å². The number of amides is 1. The maximum Gasteiger partial charge on any atom is 0.274 e. The number of carbonyl (C=O) groups excluding carboxylic acids is 1. The van der Waals surface area contributed by atoms with E-state index in [9.17, 15) is 9.90 Å². The molecule has 6 nitrogen and oxygen atoms in total. The number of hydrogen-bond donors (Lipinski definition) is 2. The molecule has 2 aromatic heterocycles. The van der Waals surface area contributed by atoms with Crippen LogP contribution in [0.2, 0.25) is 0 Å². The molecule has 0 aliphatic rings. The Kier molecular flexibility index (Phi) is 4.16. The topological polar surface area (TPSA) is 75.9 Å². The molecule has 27 heavy (non-hydrogen) atoms. The first-order chi connectivity index (χ1) is 13.1. The molecule has 0 aliphatic heterocycles. The Morgan fingerprint density at radius 3 is 2.74 bits per heavy atom. The van der Waals surface area contributed by atoms with Crippen molar-refractivity contribution in [1.82, 2.24) is 9.38 Å². The van der Waals surface area contributed by atoms with E-state index in [-0.39, 0.29) is 11.7 Å². The average Bonchev–Trinajstić information content (AvgIpc) is 3.00. The summed E-state index contributed by atoms with van der Waals surface area (Å²) in [6.07, 6.45) is 1.79. The smallest absolute Gasteiger partial charge is 0.274 e. The van der Waals surface area contributed by atoms with Gasteiger partial charge in [-0.3, -0.25) is 9.20 Å². The van der Waals surface area contributed by atoms with Gasteiger partial charge in [0.05, 0.1) is 12.3 Å². The SMILES string of the molecule is CCOc1cccn2c(C(=O)Nc3cccc4c(O)cccc34)c(C)nc12. The van der Waals surface area contributed by atoms with E-state index in [0.29, 0.717) is 40.5 Å².